The van der Waals surface area contributed by atoms with E-state index in [0.717, 1.165) is 11.1 Å². The number of rotatable bonds is 4. The summed E-state index contributed by atoms with van der Waals surface area (Å²) in [5, 5.41) is 10.5. The molecule has 0 aromatic heterocycles. The predicted molar refractivity (Wildman–Crippen MR) is 88.3 cm³/mol. The van der Waals surface area contributed by atoms with Gasteiger partial charge in [0.25, 0.3) is 0 Å². The van der Waals surface area contributed by atoms with E-state index in [1.165, 1.54) is 6.08 Å². The lowest BCUT2D eigenvalue weighted by molar-refractivity contribution is -0.141. The monoisotopic (exact) mass is 334 g/mol. The van der Waals surface area contributed by atoms with Crippen molar-refractivity contribution < 1.29 is 24.2 Å². The maximum atomic E-state index is 11.4. The second-order valence-corrected chi connectivity index (χ2v) is 5.54. The highest BCUT2D eigenvalue weighted by Crippen LogP contribution is 2.07. The summed E-state index contributed by atoms with van der Waals surface area (Å²) < 4.78 is 5.00. The predicted octanol–water partition coefficient (Wildman–Crippen LogP) is 1.79. The van der Waals surface area contributed by atoms with Crippen LogP contribution in [0.25, 0.3) is 0 Å². The molecule has 2 amide bonds. The van der Waals surface area contributed by atoms with E-state index in [-0.39, 0.29) is 12.5 Å². The fourth-order valence-corrected chi connectivity index (χ4v) is 1.86. The molecule has 1 saturated heterocycles. The number of likely N-dealkylation sites (tertiary alicyclic amines) is 1. The van der Waals surface area contributed by atoms with E-state index >= 15 is 0 Å². The van der Waals surface area contributed by atoms with Crippen LogP contribution >= 0.6 is 0 Å². The Bertz CT molecular complexity index is 609. The van der Waals surface area contributed by atoms with E-state index in [0.29, 0.717) is 6.54 Å². The molecule has 0 aliphatic carbocycles. The molecule has 130 valence electrons. The average Bonchev–Trinajstić information content (AvgIpc) is 2.52. The topological polar surface area (TPSA) is 95.9 Å². The lowest BCUT2D eigenvalue weighted by Gasteiger charge is -2.35. The second kappa shape index (κ2) is 9.34. The van der Waals surface area contributed by atoms with Crippen molar-refractivity contribution in [3.8, 4) is 0 Å². The zero-order chi connectivity index (χ0) is 18.1. The van der Waals surface area contributed by atoms with Gasteiger partial charge >= 0.3 is 12.1 Å². The number of hydrogen-bond acceptors (Lipinski definition) is 4. The highest BCUT2D eigenvalue weighted by atomic mass is 16.5. The fourth-order valence-electron chi connectivity index (χ4n) is 1.86. The molecular weight excluding hydrogens is 312 g/mol. The van der Waals surface area contributed by atoms with Crippen LogP contribution in [0.15, 0.2) is 42.0 Å². The zero-order valence-electron chi connectivity index (χ0n) is 14.0. The van der Waals surface area contributed by atoms with Crippen LogP contribution in [0.4, 0.5) is 4.79 Å². The Kier molecular flexibility index (Phi) is 7.48. The number of aliphatic carboxylic acids is 1. The van der Waals surface area contributed by atoms with Gasteiger partial charge in [0.1, 0.15) is 12.6 Å². The second-order valence-electron chi connectivity index (χ2n) is 5.54. The molecule has 1 aromatic rings. The summed E-state index contributed by atoms with van der Waals surface area (Å²) in [6.45, 7) is 4.24. The standard InChI is InChI=1S/C12H14N2O3.C5H8O2/c1-14-7-10(11(14)15)13-12(16)17-8-9-5-3-2-4-6-9;1-4(2)3-5(6)7/h2-6,10H,7-8H2,1H3,(H,13,16);3H,1-2H3,(H,6,7). The van der Waals surface area contributed by atoms with Gasteiger partial charge in [0.2, 0.25) is 5.91 Å². The highest BCUT2D eigenvalue weighted by molar-refractivity contribution is 5.90. The summed E-state index contributed by atoms with van der Waals surface area (Å²) in [6.07, 6.45) is 0.611. The van der Waals surface area contributed by atoms with Gasteiger partial charge in [0, 0.05) is 19.7 Å². The van der Waals surface area contributed by atoms with E-state index in [1.54, 1.807) is 25.8 Å². The summed E-state index contributed by atoms with van der Waals surface area (Å²) in [6, 6.07) is 8.96. The quantitative estimate of drug-likeness (QED) is 0.646. The van der Waals surface area contributed by atoms with Crippen molar-refractivity contribution in [3.63, 3.8) is 0 Å². The summed E-state index contributed by atoms with van der Waals surface area (Å²) in [5.41, 5.74) is 1.73. The molecule has 0 spiro atoms. The largest absolute Gasteiger partial charge is 0.478 e. The SMILES string of the molecule is CC(C)=CC(=O)O.CN1CC(NC(=O)OCc2ccccc2)C1=O. The first kappa shape index (κ1) is 19.2. The molecule has 0 bridgehead atoms. The van der Waals surface area contributed by atoms with Gasteiger partial charge in [-0.05, 0) is 19.4 Å². The van der Waals surface area contributed by atoms with Crippen LogP contribution in [0.1, 0.15) is 19.4 Å². The molecule has 1 heterocycles. The average molecular weight is 334 g/mol. The molecule has 1 aliphatic rings. The number of carboxylic acid groups (broad SMARTS) is 1. The van der Waals surface area contributed by atoms with Crippen LogP contribution in [0.5, 0.6) is 0 Å². The minimum absolute atomic E-state index is 0.0818. The van der Waals surface area contributed by atoms with E-state index < -0.39 is 18.1 Å². The van der Waals surface area contributed by atoms with Crippen molar-refractivity contribution >= 4 is 18.0 Å². The third-order valence-electron chi connectivity index (χ3n) is 3.05. The van der Waals surface area contributed by atoms with Crippen LogP contribution in [-0.2, 0) is 20.9 Å². The first-order chi connectivity index (χ1) is 11.3. The summed E-state index contributed by atoms with van der Waals surface area (Å²) in [7, 11) is 1.69. The number of allylic oxidation sites excluding steroid dienone is 1. The number of carboxylic acids is 1. The van der Waals surface area contributed by atoms with Crippen LogP contribution < -0.4 is 5.32 Å². The molecule has 7 nitrogen and oxygen atoms in total. The van der Waals surface area contributed by atoms with Gasteiger partial charge in [0.15, 0.2) is 0 Å². The van der Waals surface area contributed by atoms with E-state index in [2.05, 4.69) is 5.32 Å². The minimum atomic E-state index is -0.875. The Balaban J connectivity index is 0.000000351. The van der Waals surface area contributed by atoms with Crippen molar-refractivity contribution in [2.45, 2.75) is 26.5 Å². The Hall–Kier alpha value is -2.83. The van der Waals surface area contributed by atoms with E-state index in [1.807, 2.05) is 30.3 Å². The third kappa shape index (κ3) is 6.95. The molecule has 7 heteroatoms. The molecule has 0 radical (unpaired) electrons. The molecular formula is C17H22N2O5. The molecule has 2 rings (SSSR count). The highest BCUT2D eigenvalue weighted by Gasteiger charge is 2.35. The number of nitrogens with one attached hydrogen (secondary N) is 1. The van der Waals surface area contributed by atoms with Crippen molar-refractivity contribution in [3.05, 3.63) is 47.5 Å². The Morgan fingerprint density at radius 1 is 1.33 bits per heavy atom. The Morgan fingerprint density at radius 3 is 2.38 bits per heavy atom. The van der Waals surface area contributed by atoms with Crippen LogP contribution in [-0.4, -0.2) is 47.6 Å². The molecule has 1 atom stereocenters. The number of amides is 2. The Morgan fingerprint density at radius 2 is 1.96 bits per heavy atom. The molecule has 24 heavy (non-hydrogen) atoms. The van der Waals surface area contributed by atoms with Crippen LogP contribution in [0.2, 0.25) is 0 Å². The number of carbonyl (C=O) groups excluding carboxylic acids is 2. The number of carbonyl (C=O) groups is 3. The van der Waals surface area contributed by atoms with Gasteiger partial charge in [-0.1, -0.05) is 35.9 Å². The molecule has 2 N–H and O–H groups in total. The number of β-lactam (4-membered cyclic amide) rings is 1. The molecule has 1 aliphatic heterocycles. The van der Waals surface area contributed by atoms with E-state index in [9.17, 15) is 14.4 Å². The first-order valence-electron chi connectivity index (χ1n) is 7.39. The summed E-state index contributed by atoms with van der Waals surface area (Å²) in [5.74, 6) is -0.957. The van der Waals surface area contributed by atoms with Crippen molar-refractivity contribution in [1.29, 1.82) is 0 Å². The van der Waals surface area contributed by atoms with Gasteiger partial charge in [-0.15, -0.1) is 0 Å². The normalized spacial score (nSPS) is 15.4. The number of alkyl carbamates (subject to hydrolysis) is 1. The number of likely N-dealkylation sites (N-methyl/N-ethyl adjacent to an activating group) is 1. The lowest BCUT2D eigenvalue weighted by Crippen LogP contribution is -2.62. The zero-order valence-corrected chi connectivity index (χ0v) is 14.0. The van der Waals surface area contributed by atoms with Crippen molar-refractivity contribution in [1.82, 2.24) is 10.2 Å². The first-order valence-corrected chi connectivity index (χ1v) is 7.39. The van der Waals surface area contributed by atoms with Crippen molar-refractivity contribution in [2.75, 3.05) is 13.6 Å². The van der Waals surface area contributed by atoms with Gasteiger partial charge in [-0.25, -0.2) is 9.59 Å². The van der Waals surface area contributed by atoms with Gasteiger partial charge < -0.3 is 20.1 Å². The maximum absolute atomic E-state index is 11.4. The number of benzene rings is 1. The van der Waals surface area contributed by atoms with Gasteiger partial charge in [-0.2, -0.15) is 0 Å². The fraction of sp³-hybridized carbons (Fsp3) is 0.353. The smallest absolute Gasteiger partial charge is 0.408 e. The number of hydrogen-bond donors (Lipinski definition) is 2. The summed E-state index contributed by atoms with van der Waals surface area (Å²) in [4.78, 5) is 33.9. The Labute approximate surface area is 140 Å². The number of ether oxygens (including phenoxy) is 1. The van der Waals surface area contributed by atoms with Crippen molar-refractivity contribution in [2.24, 2.45) is 0 Å². The minimum Gasteiger partial charge on any atom is -0.478 e. The summed E-state index contributed by atoms with van der Waals surface area (Å²) >= 11 is 0. The molecule has 1 unspecified atom stereocenters. The van der Waals surface area contributed by atoms with Crippen LogP contribution in [0, 0.1) is 0 Å². The number of nitrogens with zero attached hydrogens (tertiary/aromatic N) is 1. The maximum Gasteiger partial charge on any atom is 0.408 e. The van der Waals surface area contributed by atoms with Gasteiger partial charge in [0.05, 0.1) is 0 Å². The van der Waals surface area contributed by atoms with Crippen LogP contribution in [0.3, 0.4) is 0 Å². The third-order valence-corrected chi connectivity index (χ3v) is 3.05. The molecule has 1 fully saturated rings. The molecule has 0 saturated carbocycles. The van der Waals surface area contributed by atoms with E-state index in [4.69, 9.17) is 9.84 Å². The molecule has 1 aromatic carbocycles. The lowest BCUT2D eigenvalue weighted by atomic mass is 10.1. The van der Waals surface area contributed by atoms with Gasteiger partial charge in [-0.3, -0.25) is 4.79 Å².